The van der Waals surface area contributed by atoms with Gasteiger partial charge in [0, 0.05) is 11.3 Å². The first-order valence-corrected chi connectivity index (χ1v) is 11.5. The zero-order valence-electron chi connectivity index (χ0n) is 19.3. The Hall–Kier alpha value is -3.91. The first-order chi connectivity index (χ1) is 16.8. The number of nitrogens with zero attached hydrogens (tertiary/aromatic N) is 3. The number of anilines is 1. The predicted molar refractivity (Wildman–Crippen MR) is 136 cm³/mol. The Labute approximate surface area is 207 Å². The molecule has 0 aliphatic carbocycles. The predicted octanol–water partition coefficient (Wildman–Crippen LogP) is 6.50. The molecule has 1 aliphatic rings. The second-order valence-corrected chi connectivity index (χ2v) is 8.88. The Bertz CT molecular complexity index is 1460. The Morgan fingerprint density at radius 2 is 1.74 bits per heavy atom. The summed E-state index contributed by atoms with van der Waals surface area (Å²) in [5.41, 5.74) is 5.11. The van der Waals surface area contributed by atoms with E-state index in [1.807, 2.05) is 44.2 Å². The van der Waals surface area contributed by atoms with Crippen molar-refractivity contribution >= 4 is 28.6 Å². The highest BCUT2D eigenvalue weighted by Gasteiger charge is 2.35. The molecule has 0 saturated heterocycles. The van der Waals surface area contributed by atoms with Crippen molar-refractivity contribution in [3.05, 3.63) is 107 Å². The van der Waals surface area contributed by atoms with Gasteiger partial charge in [0.15, 0.2) is 5.11 Å². The lowest BCUT2D eigenvalue weighted by molar-refractivity contribution is 0.404. The van der Waals surface area contributed by atoms with Crippen LogP contribution < -0.4 is 10.2 Å². The minimum absolute atomic E-state index is 0.264. The van der Waals surface area contributed by atoms with Gasteiger partial charge in [-0.1, -0.05) is 53.2 Å². The molecule has 0 amide bonds. The zero-order chi connectivity index (χ0) is 24.7. The van der Waals surface area contributed by atoms with Gasteiger partial charge >= 0.3 is 0 Å². The molecule has 0 fully saturated rings. The van der Waals surface area contributed by atoms with Crippen molar-refractivity contribution in [2.24, 2.45) is 0 Å². The molecule has 4 aromatic rings. The van der Waals surface area contributed by atoms with Gasteiger partial charge in [-0.25, -0.2) is 8.78 Å². The molecule has 1 aliphatic heterocycles. The number of hydrogen-bond donors (Lipinski definition) is 1. The van der Waals surface area contributed by atoms with Gasteiger partial charge in [0.05, 0.1) is 17.3 Å². The number of nitrogens with one attached hydrogen (secondary N) is 1. The molecule has 1 atom stereocenters. The average molecular weight is 489 g/mol. The molecule has 0 spiro atoms. The van der Waals surface area contributed by atoms with Crippen LogP contribution in [0.4, 0.5) is 14.5 Å². The molecule has 5 rings (SSSR count). The van der Waals surface area contributed by atoms with Gasteiger partial charge < -0.3 is 9.84 Å². The van der Waals surface area contributed by atoms with Crippen molar-refractivity contribution in [2.75, 3.05) is 4.90 Å². The van der Waals surface area contributed by atoms with Crippen LogP contribution in [-0.4, -0.2) is 15.3 Å². The van der Waals surface area contributed by atoms with Gasteiger partial charge in [-0.15, -0.1) is 0 Å². The van der Waals surface area contributed by atoms with Gasteiger partial charge in [0.2, 0.25) is 5.82 Å². The largest absolute Gasteiger partial charge is 0.351 e. The van der Waals surface area contributed by atoms with Crippen LogP contribution in [0.5, 0.6) is 0 Å². The van der Waals surface area contributed by atoms with Crippen molar-refractivity contribution < 1.29 is 13.3 Å². The van der Waals surface area contributed by atoms with E-state index in [1.54, 1.807) is 30.0 Å². The van der Waals surface area contributed by atoms with Crippen LogP contribution in [0.2, 0.25) is 0 Å². The van der Waals surface area contributed by atoms with Crippen LogP contribution in [0, 0.1) is 25.5 Å². The van der Waals surface area contributed by atoms with Crippen molar-refractivity contribution in [1.29, 1.82) is 0 Å². The maximum Gasteiger partial charge on any atom is 0.258 e. The van der Waals surface area contributed by atoms with Gasteiger partial charge in [0.25, 0.3) is 5.89 Å². The number of aromatic nitrogens is 2. The van der Waals surface area contributed by atoms with E-state index in [-0.39, 0.29) is 29.4 Å². The van der Waals surface area contributed by atoms with Gasteiger partial charge in [-0.3, -0.25) is 4.90 Å². The molecule has 2 heterocycles. The fourth-order valence-electron chi connectivity index (χ4n) is 4.14. The number of halogens is 2. The summed E-state index contributed by atoms with van der Waals surface area (Å²) in [6, 6.07) is 18.6. The quantitative estimate of drug-likeness (QED) is 0.331. The number of benzene rings is 3. The molecule has 3 aromatic carbocycles. The lowest BCUT2D eigenvalue weighted by Crippen LogP contribution is -2.46. The normalized spacial score (nSPS) is 16.0. The standard InChI is InChI=1S/C27H22F2N4OS/c1-15-7-10-18(11-8-15)24-23(26-31-25(32-34-26)19-5-4-6-20(28)13-19)17(3)33(27(35)30-24)21-12-9-16(2)22(29)14-21/h4-14,24H,1-3H3,(H,30,35). The second-order valence-electron chi connectivity index (χ2n) is 8.49. The molecule has 5 nitrogen and oxygen atoms in total. The summed E-state index contributed by atoms with van der Waals surface area (Å²) in [4.78, 5) is 6.34. The third-order valence-corrected chi connectivity index (χ3v) is 6.35. The van der Waals surface area contributed by atoms with Crippen molar-refractivity contribution in [1.82, 2.24) is 15.5 Å². The minimum Gasteiger partial charge on any atom is -0.351 e. The van der Waals surface area contributed by atoms with Crippen LogP contribution in [0.25, 0.3) is 17.0 Å². The van der Waals surface area contributed by atoms with Crippen molar-refractivity contribution in [2.45, 2.75) is 26.8 Å². The van der Waals surface area contributed by atoms with E-state index in [4.69, 9.17) is 16.7 Å². The van der Waals surface area contributed by atoms with E-state index in [1.165, 1.54) is 18.2 Å². The van der Waals surface area contributed by atoms with E-state index in [0.29, 0.717) is 27.5 Å². The van der Waals surface area contributed by atoms with Crippen LogP contribution in [0.1, 0.15) is 35.5 Å². The maximum absolute atomic E-state index is 14.4. The second kappa shape index (κ2) is 9.03. The molecule has 1 N–H and O–H groups in total. The highest BCUT2D eigenvalue weighted by Crippen LogP contribution is 2.39. The first kappa shape index (κ1) is 22.9. The Balaban J connectivity index is 1.66. The summed E-state index contributed by atoms with van der Waals surface area (Å²) in [5, 5.41) is 7.88. The fourth-order valence-corrected chi connectivity index (χ4v) is 4.50. The molecule has 35 heavy (non-hydrogen) atoms. The molecule has 176 valence electrons. The topological polar surface area (TPSA) is 54.2 Å². The van der Waals surface area contributed by atoms with Crippen molar-refractivity contribution in [3.8, 4) is 11.4 Å². The highest BCUT2D eigenvalue weighted by atomic mass is 32.1. The maximum atomic E-state index is 14.4. The fraction of sp³-hybridized carbons (Fsp3) is 0.148. The molecule has 0 saturated carbocycles. The Morgan fingerprint density at radius 1 is 0.971 bits per heavy atom. The van der Waals surface area contributed by atoms with Crippen LogP contribution >= 0.6 is 12.2 Å². The summed E-state index contributed by atoms with van der Waals surface area (Å²) in [5.74, 6) is -0.186. The highest BCUT2D eigenvalue weighted by molar-refractivity contribution is 7.80. The first-order valence-electron chi connectivity index (χ1n) is 11.1. The molecule has 0 bridgehead atoms. The number of rotatable bonds is 4. The number of aryl methyl sites for hydroxylation is 2. The zero-order valence-corrected chi connectivity index (χ0v) is 20.2. The summed E-state index contributed by atoms with van der Waals surface area (Å²) < 4.78 is 33.9. The number of allylic oxidation sites excluding steroid dienone is 1. The summed E-state index contributed by atoms with van der Waals surface area (Å²) >= 11 is 5.71. The Kier molecular flexibility index (Phi) is 5.90. The summed E-state index contributed by atoms with van der Waals surface area (Å²) in [6.45, 7) is 5.61. The third-order valence-electron chi connectivity index (χ3n) is 6.05. The minimum atomic E-state index is -0.390. The number of thiocarbonyl (C=S) groups is 1. The van der Waals surface area contributed by atoms with E-state index in [0.717, 1.165) is 16.8 Å². The molecule has 1 aromatic heterocycles. The van der Waals surface area contributed by atoms with E-state index in [9.17, 15) is 8.78 Å². The lowest BCUT2D eigenvalue weighted by atomic mass is 9.94. The van der Waals surface area contributed by atoms with Gasteiger partial charge in [0.1, 0.15) is 11.6 Å². The molecule has 8 heteroatoms. The van der Waals surface area contributed by atoms with E-state index in [2.05, 4.69) is 15.5 Å². The number of hydrogen-bond acceptors (Lipinski definition) is 4. The van der Waals surface area contributed by atoms with Gasteiger partial charge in [-0.05, 0) is 68.4 Å². The van der Waals surface area contributed by atoms with Crippen molar-refractivity contribution in [3.63, 3.8) is 0 Å². The molecular weight excluding hydrogens is 466 g/mol. The summed E-state index contributed by atoms with van der Waals surface area (Å²) in [6.07, 6.45) is 0. The molecular formula is C27H22F2N4OS. The molecule has 1 unspecified atom stereocenters. The van der Waals surface area contributed by atoms with Crippen LogP contribution in [-0.2, 0) is 0 Å². The lowest BCUT2D eigenvalue weighted by Gasteiger charge is -2.37. The molecule has 0 radical (unpaired) electrons. The SMILES string of the molecule is CC1=C(c2nc(-c3cccc(F)c3)no2)C(c2ccc(C)cc2)NC(=S)N1c1ccc(C)c(F)c1. The van der Waals surface area contributed by atoms with Crippen LogP contribution in [0.15, 0.2) is 77.0 Å². The smallest absolute Gasteiger partial charge is 0.258 e. The van der Waals surface area contributed by atoms with Crippen LogP contribution in [0.3, 0.4) is 0 Å². The third kappa shape index (κ3) is 4.33. The van der Waals surface area contributed by atoms with E-state index >= 15 is 0 Å². The Morgan fingerprint density at radius 3 is 2.46 bits per heavy atom. The monoisotopic (exact) mass is 488 g/mol. The van der Waals surface area contributed by atoms with E-state index < -0.39 is 0 Å². The average Bonchev–Trinajstić information content (AvgIpc) is 3.31. The summed E-state index contributed by atoms with van der Waals surface area (Å²) in [7, 11) is 0. The van der Waals surface area contributed by atoms with Gasteiger partial charge in [-0.2, -0.15) is 4.98 Å².